The van der Waals surface area contributed by atoms with Crippen LogP contribution >= 0.6 is 0 Å². The highest BCUT2D eigenvalue weighted by atomic mass is 16.6. The number of esters is 5. The molecule has 1 fully saturated rings. The number of fused-ring (bicyclic) bond motifs is 1. The number of ketones is 2. The summed E-state index contributed by atoms with van der Waals surface area (Å²) in [7, 11) is 0. The van der Waals surface area contributed by atoms with E-state index in [2.05, 4.69) is 6.58 Å². The first-order chi connectivity index (χ1) is 19.2. The maximum Gasteiger partial charge on any atom is 0.303 e. The topological polar surface area (TPSA) is 166 Å². The van der Waals surface area contributed by atoms with Gasteiger partial charge in [0, 0.05) is 57.9 Å². The van der Waals surface area contributed by atoms with Crippen LogP contribution in [0.3, 0.4) is 0 Å². The minimum absolute atomic E-state index is 0.120. The first-order valence-corrected chi connectivity index (χ1v) is 13.6. The van der Waals surface area contributed by atoms with E-state index in [4.69, 9.17) is 23.7 Å². The fraction of sp³-hybridized carbons (Fsp3) is 0.633. The number of allylic oxidation sites excluding steroid dienone is 2. The fourth-order valence-corrected chi connectivity index (χ4v) is 5.80. The third-order valence-corrected chi connectivity index (χ3v) is 7.44. The Labute approximate surface area is 245 Å². The van der Waals surface area contributed by atoms with E-state index in [0.29, 0.717) is 0 Å². The van der Waals surface area contributed by atoms with Gasteiger partial charge in [-0.25, -0.2) is 0 Å². The van der Waals surface area contributed by atoms with Gasteiger partial charge in [-0.15, -0.1) is 0 Å². The first kappa shape index (κ1) is 34.4. The SMILES string of the molecule is C=C1[C@H](OC(C)=O)[C@H]2[C@@H](OC(C)=O)[C@@H](C)C[C@]2(OC(C)=O)C(=O)[C@@H](C)/C=C/C(C)(C)C(=O)[C@H](OC(C)=O)[C@H]1OC(C)=O. The standard InChI is InChI=1S/C30H40O12/c1-14-11-12-29(9,10)28(37)26(41-20(7)34)25(40-19(6)33)16(3)24(39-18(5)32)22-23(38-17(4)31)15(2)13-30(22,27(14)36)42-21(8)35/h11-12,14-15,22-26H,3,13H2,1-2,4-10H3/b12-11+/t14-,15-,22+,23-,24-,25-,26+,30+/m0/s1. The summed E-state index contributed by atoms with van der Waals surface area (Å²) in [5.41, 5.74) is -3.64. The van der Waals surface area contributed by atoms with Gasteiger partial charge in [0.2, 0.25) is 6.10 Å². The molecule has 0 radical (unpaired) electrons. The number of hydrogen-bond donors (Lipinski definition) is 0. The van der Waals surface area contributed by atoms with E-state index in [1.54, 1.807) is 6.92 Å². The van der Waals surface area contributed by atoms with Gasteiger partial charge in [0.1, 0.15) is 12.2 Å². The van der Waals surface area contributed by atoms with Crippen LogP contribution in [0.1, 0.15) is 68.7 Å². The highest BCUT2D eigenvalue weighted by Crippen LogP contribution is 2.51. The summed E-state index contributed by atoms with van der Waals surface area (Å²) in [5, 5.41) is 0. The Hall–Kier alpha value is -3.83. The van der Waals surface area contributed by atoms with Gasteiger partial charge in [-0.2, -0.15) is 0 Å². The molecule has 0 N–H and O–H groups in total. The largest absolute Gasteiger partial charge is 0.462 e. The third-order valence-electron chi connectivity index (χ3n) is 7.44. The van der Waals surface area contributed by atoms with Crippen molar-refractivity contribution in [3.05, 3.63) is 24.3 Å². The van der Waals surface area contributed by atoms with Crippen LogP contribution in [0, 0.1) is 23.2 Å². The summed E-state index contributed by atoms with van der Waals surface area (Å²) in [6.45, 7) is 15.7. The summed E-state index contributed by atoms with van der Waals surface area (Å²) in [6.07, 6.45) is -3.48. The molecule has 2 aliphatic carbocycles. The zero-order valence-electron chi connectivity index (χ0n) is 25.5. The van der Waals surface area contributed by atoms with E-state index in [1.807, 2.05) is 0 Å². The number of carbonyl (C=O) groups is 7. The Bertz CT molecular complexity index is 1200. The number of rotatable bonds is 5. The highest BCUT2D eigenvalue weighted by molar-refractivity contribution is 5.95. The maximum atomic E-state index is 14.3. The predicted octanol–water partition coefficient (Wildman–Crippen LogP) is 2.60. The molecule has 0 aromatic rings. The van der Waals surface area contributed by atoms with Crippen LogP contribution in [0.4, 0.5) is 0 Å². The summed E-state index contributed by atoms with van der Waals surface area (Å²) in [6, 6.07) is 0. The van der Waals surface area contributed by atoms with Crippen LogP contribution in [-0.4, -0.2) is 71.4 Å². The minimum atomic E-state index is -2.01. The van der Waals surface area contributed by atoms with Crippen LogP contribution in [-0.2, 0) is 57.2 Å². The molecule has 1 saturated carbocycles. The van der Waals surface area contributed by atoms with E-state index in [0.717, 1.165) is 34.6 Å². The molecule has 0 spiro atoms. The van der Waals surface area contributed by atoms with Crippen molar-refractivity contribution < 1.29 is 57.2 Å². The van der Waals surface area contributed by atoms with Crippen LogP contribution in [0.25, 0.3) is 0 Å². The van der Waals surface area contributed by atoms with Crippen LogP contribution < -0.4 is 0 Å². The Kier molecular flexibility index (Phi) is 10.6. The van der Waals surface area contributed by atoms with Crippen molar-refractivity contribution in [1.29, 1.82) is 0 Å². The molecule has 2 aliphatic rings. The quantitative estimate of drug-likeness (QED) is 0.261. The Morgan fingerprint density at radius 2 is 1.21 bits per heavy atom. The zero-order valence-corrected chi connectivity index (χ0v) is 25.5. The molecule has 42 heavy (non-hydrogen) atoms. The predicted molar refractivity (Wildman–Crippen MR) is 145 cm³/mol. The monoisotopic (exact) mass is 592 g/mol. The molecule has 8 atom stereocenters. The molecule has 0 aromatic heterocycles. The van der Waals surface area contributed by atoms with Crippen molar-refractivity contribution in [3.8, 4) is 0 Å². The lowest BCUT2D eigenvalue weighted by atomic mass is 9.72. The zero-order chi connectivity index (χ0) is 32.3. The Balaban J connectivity index is 3.07. The summed E-state index contributed by atoms with van der Waals surface area (Å²) >= 11 is 0. The van der Waals surface area contributed by atoms with E-state index >= 15 is 0 Å². The smallest absolute Gasteiger partial charge is 0.303 e. The first-order valence-electron chi connectivity index (χ1n) is 13.6. The van der Waals surface area contributed by atoms with Crippen molar-refractivity contribution in [2.75, 3.05) is 0 Å². The summed E-state index contributed by atoms with van der Waals surface area (Å²) in [5.74, 6) is -8.45. The second kappa shape index (κ2) is 13.0. The maximum absolute atomic E-state index is 14.3. The van der Waals surface area contributed by atoms with E-state index in [9.17, 15) is 33.6 Å². The van der Waals surface area contributed by atoms with Crippen LogP contribution in [0.5, 0.6) is 0 Å². The average molecular weight is 593 g/mol. The van der Waals surface area contributed by atoms with Gasteiger partial charge >= 0.3 is 29.8 Å². The lowest BCUT2D eigenvalue weighted by Gasteiger charge is -2.42. The van der Waals surface area contributed by atoms with Gasteiger partial charge in [-0.3, -0.25) is 33.6 Å². The average Bonchev–Trinajstić information content (AvgIpc) is 3.10. The molecule has 0 heterocycles. The van der Waals surface area contributed by atoms with Gasteiger partial charge in [0.25, 0.3) is 0 Å². The molecule has 0 amide bonds. The van der Waals surface area contributed by atoms with Crippen molar-refractivity contribution >= 4 is 41.4 Å². The Morgan fingerprint density at radius 1 is 0.738 bits per heavy atom. The number of Topliss-reactive ketones (excluding diaryl/α,β-unsaturated/α-hetero) is 2. The van der Waals surface area contributed by atoms with Crippen LogP contribution in [0.15, 0.2) is 24.3 Å². The van der Waals surface area contributed by atoms with Crippen molar-refractivity contribution in [2.45, 2.75) is 98.8 Å². The lowest BCUT2D eigenvalue weighted by Crippen LogP contribution is -2.58. The summed E-state index contributed by atoms with van der Waals surface area (Å²) < 4.78 is 28.0. The van der Waals surface area contributed by atoms with Gasteiger partial charge in [0.15, 0.2) is 23.3 Å². The molecule has 0 bridgehead atoms. The van der Waals surface area contributed by atoms with E-state index in [1.165, 1.54) is 32.9 Å². The van der Waals surface area contributed by atoms with Gasteiger partial charge < -0.3 is 23.7 Å². The van der Waals surface area contributed by atoms with Gasteiger partial charge in [0.05, 0.1) is 5.92 Å². The second-order valence-corrected chi connectivity index (χ2v) is 11.5. The fourth-order valence-electron chi connectivity index (χ4n) is 5.80. The van der Waals surface area contributed by atoms with Gasteiger partial charge in [-0.05, 0) is 19.8 Å². The third kappa shape index (κ3) is 7.32. The number of ether oxygens (including phenoxy) is 5. The number of hydrogen-bond acceptors (Lipinski definition) is 12. The number of carbonyl (C=O) groups excluding carboxylic acids is 7. The van der Waals surface area contributed by atoms with Gasteiger partial charge in [-0.1, -0.05) is 32.6 Å². The molecule has 12 heteroatoms. The molecule has 0 aliphatic heterocycles. The van der Waals surface area contributed by atoms with Crippen molar-refractivity contribution in [2.24, 2.45) is 23.2 Å². The molecule has 12 nitrogen and oxygen atoms in total. The van der Waals surface area contributed by atoms with Crippen molar-refractivity contribution in [3.63, 3.8) is 0 Å². The highest BCUT2D eigenvalue weighted by Gasteiger charge is 2.65. The Morgan fingerprint density at radius 3 is 1.69 bits per heavy atom. The second-order valence-electron chi connectivity index (χ2n) is 11.5. The molecule has 0 saturated heterocycles. The minimum Gasteiger partial charge on any atom is -0.462 e. The molecule has 0 aromatic carbocycles. The summed E-state index contributed by atoms with van der Waals surface area (Å²) in [4.78, 5) is 90.0. The molecule has 2 rings (SSSR count). The normalized spacial score (nSPS) is 33.6. The molecule has 232 valence electrons. The molecule has 0 unspecified atom stereocenters. The lowest BCUT2D eigenvalue weighted by molar-refractivity contribution is -0.187. The van der Waals surface area contributed by atoms with E-state index < -0.39 is 94.6 Å². The van der Waals surface area contributed by atoms with Crippen LogP contribution in [0.2, 0.25) is 0 Å². The molecular weight excluding hydrogens is 552 g/mol. The molecular formula is C30H40O12. The van der Waals surface area contributed by atoms with E-state index in [-0.39, 0.29) is 12.0 Å². The van der Waals surface area contributed by atoms with Crippen molar-refractivity contribution in [1.82, 2.24) is 0 Å².